The molecule has 130 valence electrons. The van der Waals surface area contributed by atoms with Crippen LogP contribution in [0, 0.1) is 12.8 Å². The normalized spacial score (nSPS) is 21.7. The summed E-state index contributed by atoms with van der Waals surface area (Å²) in [5.41, 5.74) is 6.79. The molecule has 0 atom stereocenters. The third-order valence-corrected chi connectivity index (χ3v) is 5.06. The van der Waals surface area contributed by atoms with Gasteiger partial charge in [0.2, 0.25) is 0 Å². The van der Waals surface area contributed by atoms with Crippen LogP contribution in [0.4, 0.5) is 0 Å². The number of hydrogen-bond acceptors (Lipinski definition) is 3. The van der Waals surface area contributed by atoms with Gasteiger partial charge >= 0.3 is 0 Å². The van der Waals surface area contributed by atoms with Crippen molar-refractivity contribution < 1.29 is 13.0 Å². The average molecular weight is 340 g/mol. The minimum Gasteiger partial charge on any atom is -0.328 e. The van der Waals surface area contributed by atoms with Gasteiger partial charge in [0.1, 0.15) is 0 Å². The van der Waals surface area contributed by atoms with Gasteiger partial charge in [0.05, 0.1) is 4.90 Å². The number of benzene rings is 1. The summed E-state index contributed by atoms with van der Waals surface area (Å²) in [7, 11) is -4.02. The van der Waals surface area contributed by atoms with E-state index in [0.29, 0.717) is 6.04 Å². The van der Waals surface area contributed by atoms with E-state index in [1.807, 2.05) is 6.92 Å². The van der Waals surface area contributed by atoms with E-state index in [1.165, 1.54) is 50.7 Å². The number of hydrogen-bond donors (Lipinski definition) is 2. The van der Waals surface area contributed by atoms with Gasteiger partial charge < -0.3 is 5.73 Å². The van der Waals surface area contributed by atoms with Gasteiger partial charge in [-0.15, -0.1) is 0 Å². The Morgan fingerprint density at radius 1 is 1.17 bits per heavy atom. The van der Waals surface area contributed by atoms with Gasteiger partial charge in [-0.1, -0.05) is 29.8 Å². The topological polar surface area (TPSA) is 80.4 Å². The molecule has 0 aliphatic heterocycles. The lowest BCUT2D eigenvalue weighted by Gasteiger charge is -2.25. The molecule has 0 saturated heterocycles. The molecular formula is C18H29NO3S. The molecule has 0 bridgehead atoms. The maximum atomic E-state index is 10.5. The van der Waals surface area contributed by atoms with Gasteiger partial charge in [-0.2, -0.15) is 8.42 Å². The van der Waals surface area contributed by atoms with Crippen LogP contribution in [-0.4, -0.2) is 19.0 Å². The minimum atomic E-state index is -4.02. The van der Waals surface area contributed by atoms with Crippen LogP contribution in [0.25, 0.3) is 0 Å². The van der Waals surface area contributed by atoms with Crippen LogP contribution < -0.4 is 5.73 Å². The second kappa shape index (κ2) is 9.85. The van der Waals surface area contributed by atoms with Crippen LogP contribution in [0.5, 0.6) is 0 Å². The summed E-state index contributed by atoms with van der Waals surface area (Å²) >= 11 is 0. The lowest BCUT2D eigenvalue weighted by atomic mass is 9.84. The van der Waals surface area contributed by atoms with Gasteiger partial charge in [0.15, 0.2) is 0 Å². The molecule has 2 rings (SSSR count). The predicted molar refractivity (Wildman–Crippen MR) is 95.0 cm³/mol. The summed E-state index contributed by atoms with van der Waals surface area (Å²) in [5, 5.41) is 0. The van der Waals surface area contributed by atoms with Crippen molar-refractivity contribution in [3.8, 4) is 0 Å². The van der Waals surface area contributed by atoms with Crippen molar-refractivity contribution in [2.75, 3.05) is 0 Å². The first-order valence-electron chi connectivity index (χ1n) is 8.23. The summed E-state index contributed by atoms with van der Waals surface area (Å²) in [6, 6.07) is 6.49. The van der Waals surface area contributed by atoms with Crippen molar-refractivity contribution >= 4 is 10.1 Å². The lowest BCUT2D eigenvalue weighted by Crippen LogP contribution is -2.26. The van der Waals surface area contributed by atoms with Crippen LogP contribution in [0.1, 0.15) is 51.0 Å². The predicted octanol–water partition coefficient (Wildman–Crippen LogP) is 4.10. The van der Waals surface area contributed by atoms with Crippen LogP contribution in [-0.2, 0) is 10.1 Å². The fourth-order valence-electron chi connectivity index (χ4n) is 2.69. The molecular weight excluding hydrogens is 310 g/mol. The second-order valence-corrected chi connectivity index (χ2v) is 7.64. The van der Waals surface area contributed by atoms with E-state index in [9.17, 15) is 8.42 Å². The highest BCUT2D eigenvalue weighted by atomic mass is 32.2. The summed E-state index contributed by atoms with van der Waals surface area (Å²) < 4.78 is 29.6. The molecule has 1 saturated carbocycles. The zero-order valence-corrected chi connectivity index (χ0v) is 14.9. The second-order valence-electron chi connectivity index (χ2n) is 6.22. The van der Waals surface area contributed by atoms with E-state index in [-0.39, 0.29) is 4.90 Å². The van der Waals surface area contributed by atoms with Crippen molar-refractivity contribution in [3.63, 3.8) is 0 Å². The van der Waals surface area contributed by atoms with E-state index in [4.69, 9.17) is 10.3 Å². The molecule has 5 heteroatoms. The van der Waals surface area contributed by atoms with Gasteiger partial charge in [0, 0.05) is 6.04 Å². The highest BCUT2D eigenvalue weighted by molar-refractivity contribution is 7.85. The summed E-state index contributed by atoms with van der Waals surface area (Å²) in [5.74, 6) is 0.959. The Morgan fingerprint density at radius 2 is 1.74 bits per heavy atom. The minimum absolute atomic E-state index is 0.0666. The van der Waals surface area contributed by atoms with Crippen molar-refractivity contribution in [3.05, 3.63) is 42.0 Å². The quantitative estimate of drug-likeness (QED) is 0.639. The first kappa shape index (κ1) is 19.9. The molecule has 0 heterocycles. The van der Waals surface area contributed by atoms with Crippen LogP contribution >= 0.6 is 0 Å². The Labute approximate surface area is 140 Å². The van der Waals surface area contributed by atoms with E-state index in [2.05, 4.69) is 19.1 Å². The van der Waals surface area contributed by atoms with Crippen LogP contribution in [0.2, 0.25) is 0 Å². The largest absolute Gasteiger partial charge is 0.328 e. The lowest BCUT2D eigenvalue weighted by molar-refractivity contribution is 0.312. The van der Waals surface area contributed by atoms with E-state index < -0.39 is 10.1 Å². The number of nitrogens with two attached hydrogens (primary N) is 1. The molecule has 1 aliphatic rings. The SMILES string of the molecule is C/C=C\CCC1CCC(N)CC1.Cc1ccc(S(=O)(=O)O)cc1. The maximum absolute atomic E-state index is 10.5. The highest BCUT2D eigenvalue weighted by Crippen LogP contribution is 2.26. The van der Waals surface area contributed by atoms with Gasteiger partial charge in [-0.25, -0.2) is 0 Å². The third-order valence-electron chi connectivity index (χ3n) is 4.19. The number of allylic oxidation sites excluding steroid dienone is 2. The molecule has 1 aliphatic carbocycles. The molecule has 0 radical (unpaired) electrons. The third kappa shape index (κ3) is 8.30. The zero-order chi connectivity index (χ0) is 17.3. The van der Waals surface area contributed by atoms with Crippen molar-refractivity contribution in [1.82, 2.24) is 0 Å². The van der Waals surface area contributed by atoms with Gasteiger partial charge in [0.25, 0.3) is 10.1 Å². The Morgan fingerprint density at radius 3 is 2.22 bits per heavy atom. The number of rotatable bonds is 4. The maximum Gasteiger partial charge on any atom is 0.294 e. The number of aryl methyl sites for hydroxylation is 1. The molecule has 4 nitrogen and oxygen atoms in total. The molecule has 0 amide bonds. The molecule has 1 aromatic rings. The van der Waals surface area contributed by atoms with Crippen LogP contribution in [0.15, 0.2) is 41.3 Å². The summed E-state index contributed by atoms with van der Waals surface area (Å²) in [4.78, 5) is -0.0666. The smallest absolute Gasteiger partial charge is 0.294 e. The standard InChI is InChI=1S/C11H21N.C7H8O3S/c1-2-3-4-5-10-6-8-11(12)9-7-10;1-6-2-4-7(5-3-6)11(8,9)10/h2-3,10-11H,4-9,12H2,1H3;2-5H,1H3,(H,8,9,10)/b3-2-;. The van der Waals surface area contributed by atoms with Crippen molar-refractivity contribution in [1.29, 1.82) is 0 Å². The highest BCUT2D eigenvalue weighted by Gasteiger charge is 2.17. The van der Waals surface area contributed by atoms with E-state index >= 15 is 0 Å². The fourth-order valence-corrected chi connectivity index (χ4v) is 3.17. The molecule has 1 fully saturated rings. The van der Waals surface area contributed by atoms with Gasteiger partial charge in [-0.05, 0) is 70.4 Å². The Bertz CT molecular complexity index is 571. The molecule has 0 spiro atoms. The van der Waals surface area contributed by atoms with E-state index in [0.717, 1.165) is 11.5 Å². The molecule has 3 N–H and O–H groups in total. The summed E-state index contributed by atoms with van der Waals surface area (Å²) in [6.07, 6.45) is 12.3. The fraction of sp³-hybridized carbons (Fsp3) is 0.556. The molecule has 23 heavy (non-hydrogen) atoms. The zero-order valence-electron chi connectivity index (χ0n) is 14.1. The monoisotopic (exact) mass is 339 g/mol. The van der Waals surface area contributed by atoms with Crippen molar-refractivity contribution in [2.24, 2.45) is 11.7 Å². The van der Waals surface area contributed by atoms with Crippen LogP contribution in [0.3, 0.4) is 0 Å². The van der Waals surface area contributed by atoms with Gasteiger partial charge in [-0.3, -0.25) is 4.55 Å². The van der Waals surface area contributed by atoms with Crippen molar-refractivity contribution in [2.45, 2.75) is 63.3 Å². The first-order valence-corrected chi connectivity index (χ1v) is 9.67. The molecule has 0 aromatic heterocycles. The average Bonchev–Trinajstić information content (AvgIpc) is 2.50. The molecule has 0 unspecified atom stereocenters. The molecule has 1 aromatic carbocycles. The Kier molecular flexibility index (Phi) is 8.52. The van der Waals surface area contributed by atoms with E-state index in [1.54, 1.807) is 12.1 Å². The Balaban J connectivity index is 0.000000231. The summed E-state index contributed by atoms with van der Waals surface area (Å²) in [6.45, 7) is 3.94. The first-order chi connectivity index (χ1) is 10.8. The Hall–Kier alpha value is -1.17.